The summed E-state index contributed by atoms with van der Waals surface area (Å²) in [5, 5.41) is 2.38. The second-order valence-electron chi connectivity index (χ2n) is 3.56. The van der Waals surface area contributed by atoms with Crippen LogP contribution < -0.4 is 11.0 Å². The molecule has 0 radical (unpaired) electrons. The first-order valence-corrected chi connectivity index (χ1v) is 5.22. The molecule has 1 heterocycles. The summed E-state index contributed by atoms with van der Waals surface area (Å²) in [6, 6.07) is 7.36. The molecule has 2 aromatic rings. The zero-order valence-corrected chi connectivity index (χ0v) is 9.34. The molecule has 2 rings (SSSR count). The van der Waals surface area contributed by atoms with Crippen molar-refractivity contribution in [2.24, 2.45) is 0 Å². The van der Waals surface area contributed by atoms with Crippen molar-refractivity contribution in [3.05, 3.63) is 59.0 Å². The van der Waals surface area contributed by atoms with Crippen LogP contribution in [0.25, 0.3) is 0 Å². The third kappa shape index (κ3) is 2.79. The van der Waals surface area contributed by atoms with E-state index in [0.29, 0.717) is 0 Å². The number of halogens is 1. The summed E-state index contributed by atoms with van der Waals surface area (Å²) in [5.41, 5.74) is -0.444. The van der Waals surface area contributed by atoms with Gasteiger partial charge < -0.3 is 5.32 Å². The van der Waals surface area contributed by atoms with Crippen LogP contribution in [0.3, 0.4) is 0 Å². The number of amides is 1. The zero-order chi connectivity index (χ0) is 13.0. The van der Waals surface area contributed by atoms with Gasteiger partial charge in [0.2, 0.25) is 5.91 Å². The molecule has 0 fully saturated rings. The van der Waals surface area contributed by atoms with Crippen molar-refractivity contribution in [1.29, 1.82) is 0 Å². The van der Waals surface area contributed by atoms with E-state index in [0.717, 1.165) is 4.57 Å². The number of rotatable bonds is 3. The fourth-order valence-electron chi connectivity index (χ4n) is 1.41. The molecular weight excluding hydrogens is 237 g/mol. The van der Waals surface area contributed by atoms with E-state index in [1.54, 1.807) is 6.07 Å². The van der Waals surface area contributed by atoms with Crippen LogP contribution in [0.2, 0.25) is 0 Å². The lowest BCUT2D eigenvalue weighted by Crippen LogP contribution is -2.28. The van der Waals surface area contributed by atoms with E-state index in [2.05, 4.69) is 10.3 Å². The predicted molar refractivity (Wildman–Crippen MR) is 63.5 cm³/mol. The van der Waals surface area contributed by atoms with E-state index in [9.17, 15) is 14.0 Å². The van der Waals surface area contributed by atoms with Crippen LogP contribution in [0, 0.1) is 5.82 Å². The summed E-state index contributed by atoms with van der Waals surface area (Å²) in [5.74, 6) is -1.01. The molecule has 0 unspecified atom stereocenters. The van der Waals surface area contributed by atoms with Gasteiger partial charge >= 0.3 is 5.69 Å². The summed E-state index contributed by atoms with van der Waals surface area (Å²) in [7, 11) is 0. The van der Waals surface area contributed by atoms with Gasteiger partial charge in [-0.15, -0.1) is 0 Å². The molecule has 92 valence electrons. The fourth-order valence-corrected chi connectivity index (χ4v) is 1.41. The predicted octanol–water partition coefficient (Wildman–Crippen LogP) is 1.02. The van der Waals surface area contributed by atoms with E-state index in [1.807, 2.05) is 0 Å². The Hall–Kier alpha value is -2.50. The van der Waals surface area contributed by atoms with Crippen LogP contribution >= 0.6 is 0 Å². The van der Waals surface area contributed by atoms with Gasteiger partial charge in [0.1, 0.15) is 12.4 Å². The monoisotopic (exact) mass is 247 g/mol. The largest absolute Gasteiger partial charge is 0.347 e. The van der Waals surface area contributed by atoms with Crippen LogP contribution in [0.1, 0.15) is 0 Å². The molecule has 1 amide bonds. The minimum absolute atomic E-state index is 0.0828. The van der Waals surface area contributed by atoms with Crippen molar-refractivity contribution in [2.45, 2.75) is 6.54 Å². The van der Waals surface area contributed by atoms with Crippen molar-refractivity contribution < 1.29 is 9.18 Å². The lowest BCUT2D eigenvalue weighted by Gasteiger charge is -2.07. The molecule has 0 aliphatic heterocycles. The van der Waals surface area contributed by atoms with E-state index < -0.39 is 17.4 Å². The molecule has 0 spiro atoms. The van der Waals surface area contributed by atoms with Gasteiger partial charge in [0.15, 0.2) is 0 Å². The molecule has 0 atom stereocenters. The molecular formula is C12H10FN3O2. The Morgan fingerprint density at radius 2 is 2.11 bits per heavy atom. The van der Waals surface area contributed by atoms with Crippen molar-refractivity contribution in [2.75, 3.05) is 5.32 Å². The Kier molecular flexibility index (Phi) is 3.47. The fraction of sp³-hybridized carbons (Fsp3) is 0.0833. The Labute approximate surface area is 102 Å². The van der Waals surface area contributed by atoms with Crippen molar-refractivity contribution in [1.82, 2.24) is 9.55 Å². The number of benzene rings is 1. The van der Waals surface area contributed by atoms with Gasteiger partial charge in [-0.1, -0.05) is 12.1 Å². The minimum Gasteiger partial charge on any atom is -0.322 e. The topological polar surface area (TPSA) is 64.0 Å². The number of nitrogens with one attached hydrogen (secondary N) is 1. The van der Waals surface area contributed by atoms with Gasteiger partial charge in [-0.25, -0.2) is 14.2 Å². The van der Waals surface area contributed by atoms with Gasteiger partial charge in [0.25, 0.3) is 0 Å². The molecule has 1 N–H and O–H groups in total. The number of anilines is 1. The van der Waals surface area contributed by atoms with E-state index in [1.165, 1.54) is 36.7 Å². The van der Waals surface area contributed by atoms with E-state index in [-0.39, 0.29) is 12.2 Å². The first-order chi connectivity index (χ1) is 8.66. The van der Waals surface area contributed by atoms with Gasteiger partial charge in [-0.2, -0.15) is 0 Å². The Balaban J connectivity index is 2.09. The Morgan fingerprint density at radius 1 is 1.33 bits per heavy atom. The van der Waals surface area contributed by atoms with Gasteiger partial charge in [0.05, 0.1) is 5.69 Å². The molecule has 1 aromatic carbocycles. The average Bonchev–Trinajstić information content (AvgIpc) is 2.35. The summed E-state index contributed by atoms with van der Waals surface area (Å²) in [6.45, 7) is -0.207. The molecule has 0 saturated carbocycles. The summed E-state index contributed by atoms with van der Waals surface area (Å²) in [6.07, 6.45) is 2.78. The normalized spacial score (nSPS) is 10.1. The van der Waals surface area contributed by atoms with Gasteiger partial charge in [0, 0.05) is 12.4 Å². The molecule has 18 heavy (non-hydrogen) atoms. The Bertz CT molecular complexity index is 624. The molecule has 0 saturated heterocycles. The van der Waals surface area contributed by atoms with Crippen LogP contribution in [-0.4, -0.2) is 15.5 Å². The van der Waals surface area contributed by atoms with Crippen LogP contribution in [-0.2, 0) is 11.3 Å². The number of nitrogens with zero attached hydrogens (tertiary/aromatic N) is 2. The zero-order valence-electron chi connectivity index (χ0n) is 9.34. The van der Waals surface area contributed by atoms with E-state index in [4.69, 9.17) is 0 Å². The van der Waals surface area contributed by atoms with Crippen molar-refractivity contribution >= 4 is 11.6 Å². The smallest absolute Gasteiger partial charge is 0.322 e. The molecule has 0 aliphatic rings. The maximum Gasteiger partial charge on any atom is 0.347 e. The second-order valence-corrected chi connectivity index (χ2v) is 3.56. The van der Waals surface area contributed by atoms with Gasteiger partial charge in [-0.05, 0) is 18.2 Å². The highest BCUT2D eigenvalue weighted by Gasteiger charge is 2.07. The number of hydrogen-bond acceptors (Lipinski definition) is 3. The van der Waals surface area contributed by atoms with Crippen LogP contribution in [0.15, 0.2) is 47.5 Å². The summed E-state index contributed by atoms with van der Waals surface area (Å²) < 4.78 is 14.4. The first-order valence-electron chi connectivity index (χ1n) is 5.22. The summed E-state index contributed by atoms with van der Waals surface area (Å²) >= 11 is 0. The van der Waals surface area contributed by atoms with Crippen molar-refractivity contribution in [3.63, 3.8) is 0 Å². The third-order valence-corrected chi connectivity index (χ3v) is 2.24. The lowest BCUT2D eigenvalue weighted by molar-refractivity contribution is -0.116. The lowest BCUT2D eigenvalue weighted by atomic mass is 10.3. The summed E-state index contributed by atoms with van der Waals surface area (Å²) in [4.78, 5) is 26.4. The maximum atomic E-state index is 13.3. The maximum absolute atomic E-state index is 13.3. The number of aromatic nitrogens is 2. The average molecular weight is 247 g/mol. The number of carbonyl (C=O) groups is 1. The first kappa shape index (κ1) is 12.0. The Morgan fingerprint density at radius 3 is 2.83 bits per heavy atom. The highest BCUT2D eigenvalue weighted by Crippen LogP contribution is 2.11. The molecule has 5 nitrogen and oxygen atoms in total. The number of carbonyl (C=O) groups excluding carboxylic acids is 1. The standard InChI is InChI=1S/C12H10FN3O2/c13-9-4-1-2-5-10(9)15-11(17)8-16-7-3-6-14-12(16)18/h1-7H,8H2,(H,15,17). The van der Waals surface area contributed by atoms with E-state index >= 15 is 0 Å². The highest BCUT2D eigenvalue weighted by atomic mass is 19.1. The molecule has 1 aromatic heterocycles. The van der Waals surface area contributed by atoms with Gasteiger partial charge in [-0.3, -0.25) is 9.36 Å². The van der Waals surface area contributed by atoms with Crippen molar-refractivity contribution in [3.8, 4) is 0 Å². The molecule has 6 heteroatoms. The highest BCUT2D eigenvalue weighted by molar-refractivity contribution is 5.90. The molecule has 0 aliphatic carbocycles. The quantitative estimate of drug-likeness (QED) is 0.880. The van der Waals surface area contributed by atoms with Crippen LogP contribution in [0.5, 0.6) is 0 Å². The second kappa shape index (κ2) is 5.22. The minimum atomic E-state index is -0.527. The third-order valence-electron chi connectivity index (χ3n) is 2.24. The number of hydrogen-bond donors (Lipinski definition) is 1. The molecule has 0 bridgehead atoms. The number of para-hydroxylation sites is 1. The van der Waals surface area contributed by atoms with Crippen LogP contribution in [0.4, 0.5) is 10.1 Å². The SMILES string of the molecule is O=C(Cn1cccnc1=O)Nc1ccccc1F.